The fraction of sp³-hybridized carbons (Fsp3) is 0.250. The van der Waals surface area contributed by atoms with Crippen LogP contribution >= 0.6 is 11.3 Å². The molecule has 1 saturated heterocycles. The summed E-state index contributed by atoms with van der Waals surface area (Å²) in [4.78, 5) is 24.1. The highest BCUT2D eigenvalue weighted by Gasteiger charge is 2.28. The average Bonchev–Trinajstić information content (AvgIpc) is 3.19. The Kier molecular flexibility index (Phi) is 4.78. The Labute approximate surface area is 149 Å². The summed E-state index contributed by atoms with van der Waals surface area (Å²) >= 11 is 1.10. The zero-order valence-electron chi connectivity index (χ0n) is 13.1. The Morgan fingerprint density at radius 1 is 1.24 bits per heavy atom. The van der Waals surface area contributed by atoms with E-state index in [1.165, 1.54) is 10.4 Å². The lowest BCUT2D eigenvalue weighted by Gasteiger charge is -2.17. The Bertz CT molecular complexity index is 920. The van der Waals surface area contributed by atoms with Crippen LogP contribution in [0.15, 0.2) is 36.4 Å². The van der Waals surface area contributed by atoms with Gasteiger partial charge >= 0.3 is 5.97 Å². The predicted octanol–water partition coefficient (Wildman–Crippen LogP) is 1.92. The second-order valence-corrected chi connectivity index (χ2v) is 8.73. The molecule has 2 aromatic rings. The minimum atomic E-state index is -3.30. The molecule has 0 spiro atoms. The van der Waals surface area contributed by atoms with Gasteiger partial charge in [-0.3, -0.25) is 9.10 Å². The maximum absolute atomic E-state index is 12.3. The quantitative estimate of drug-likeness (QED) is 0.825. The van der Waals surface area contributed by atoms with Crippen molar-refractivity contribution in [3.8, 4) is 0 Å². The molecule has 0 aliphatic carbocycles. The third-order valence-electron chi connectivity index (χ3n) is 3.79. The lowest BCUT2D eigenvalue weighted by atomic mass is 10.2. The highest BCUT2D eigenvalue weighted by atomic mass is 32.2. The SMILES string of the molecule is O=C(NCc1ccc(C(=O)O)s1)c1cccc(N2CCCS2(=O)=O)c1. The van der Waals surface area contributed by atoms with E-state index in [0.29, 0.717) is 24.2 Å². The van der Waals surface area contributed by atoms with Crippen LogP contribution in [0.5, 0.6) is 0 Å². The number of amides is 1. The van der Waals surface area contributed by atoms with Crippen LogP contribution in [0.2, 0.25) is 0 Å². The molecular formula is C16H16N2O5S2. The molecule has 1 fully saturated rings. The molecule has 1 aliphatic rings. The summed E-state index contributed by atoms with van der Waals surface area (Å²) < 4.78 is 25.3. The number of carbonyl (C=O) groups is 2. The fourth-order valence-electron chi connectivity index (χ4n) is 2.59. The number of thiophene rings is 1. The zero-order valence-corrected chi connectivity index (χ0v) is 14.8. The normalized spacial score (nSPS) is 15.9. The van der Waals surface area contributed by atoms with Crippen LogP contribution in [0, 0.1) is 0 Å². The van der Waals surface area contributed by atoms with Gasteiger partial charge in [0.1, 0.15) is 4.88 Å². The Hall–Kier alpha value is -2.39. The van der Waals surface area contributed by atoms with Crippen LogP contribution in [0.25, 0.3) is 0 Å². The topological polar surface area (TPSA) is 104 Å². The molecular weight excluding hydrogens is 364 g/mol. The molecule has 0 radical (unpaired) electrons. The minimum Gasteiger partial charge on any atom is -0.477 e. The van der Waals surface area contributed by atoms with Gasteiger partial charge in [0.25, 0.3) is 5.91 Å². The summed E-state index contributed by atoms with van der Waals surface area (Å²) in [6.07, 6.45) is 0.572. The molecule has 25 heavy (non-hydrogen) atoms. The Morgan fingerprint density at radius 2 is 2.04 bits per heavy atom. The number of rotatable bonds is 5. The highest BCUT2D eigenvalue weighted by molar-refractivity contribution is 7.93. The summed E-state index contributed by atoms with van der Waals surface area (Å²) in [5, 5.41) is 11.6. The number of benzene rings is 1. The van der Waals surface area contributed by atoms with Gasteiger partial charge in [0.2, 0.25) is 10.0 Å². The zero-order chi connectivity index (χ0) is 18.0. The molecule has 1 amide bonds. The molecule has 2 N–H and O–H groups in total. The van der Waals surface area contributed by atoms with E-state index in [0.717, 1.165) is 16.2 Å². The molecule has 2 heterocycles. The summed E-state index contributed by atoms with van der Waals surface area (Å²) in [6, 6.07) is 9.62. The Balaban J connectivity index is 1.70. The maximum Gasteiger partial charge on any atom is 0.345 e. The van der Waals surface area contributed by atoms with Gasteiger partial charge in [-0.05, 0) is 36.8 Å². The van der Waals surface area contributed by atoms with Gasteiger partial charge in [-0.15, -0.1) is 11.3 Å². The average molecular weight is 380 g/mol. The first kappa shape index (κ1) is 17.4. The minimum absolute atomic E-state index is 0.119. The molecule has 9 heteroatoms. The van der Waals surface area contributed by atoms with Crippen molar-refractivity contribution in [2.75, 3.05) is 16.6 Å². The van der Waals surface area contributed by atoms with Crippen LogP contribution in [0.4, 0.5) is 5.69 Å². The lowest BCUT2D eigenvalue weighted by Crippen LogP contribution is -2.26. The van der Waals surface area contributed by atoms with Gasteiger partial charge in [-0.2, -0.15) is 0 Å². The van der Waals surface area contributed by atoms with E-state index in [1.54, 1.807) is 30.3 Å². The third kappa shape index (κ3) is 3.83. The van der Waals surface area contributed by atoms with E-state index in [-0.39, 0.29) is 23.1 Å². The number of carboxylic acids is 1. The molecule has 7 nitrogen and oxygen atoms in total. The van der Waals surface area contributed by atoms with Gasteiger partial charge in [0.05, 0.1) is 18.0 Å². The maximum atomic E-state index is 12.3. The van der Waals surface area contributed by atoms with Crippen molar-refractivity contribution in [3.63, 3.8) is 0 Å². The van der Waals surface area contributed by atoms with Gasteiger partial charge in [-0.25, -0.2) is 13.2 Å². The van der Waals surface area contributed by atoms with Crippen LogP contribution < -0.4 is 9.62 Å². The fourth-order valence-corrected chi connectivity index (χ4v) is 4.93. The molecule has 132 valence electrons. The van der Waals surface area contributed by atoms with Crippen molar-refractivity contribution >= 4 is 38.9 Å². The number of nitrogens with one attached hydrogen (secondary N) is 1. The number of sulfonamides is 1. The first-order chi connectivity index (χ1) is 11.9. The van der Waals surface area contributed by atoms with Crippen LogP contribution in [-0.4, -0.2) is 37.7 Å². The second kappa shape index (κ2) is 6.85. The largest absolute Gasteiger partial charge is 0.477 e. The van der Waals surface area contributed by atoms with E-state index in [2.05, 4.69) is 5.32 Å². The second-order valence-electron chi connectivity index (χ2n) is 5.55. The van der Waals surface area contributed by atoms with Gasteiger partial charge < -0.3 is 10.4 Å². The van der Waals surface area contributed by atoms with Crippen molar-refractivity contribution in [2.45, 2.75) is 13.0 Å². The summed E-state index contributed by atoms with van der Waals surface area (Å²) in [5.41, 5.74) is 0.837. The standard InChI is InChI=1S/C16H16N2O5S2/c19-15(17-10-13-5-6-14(24-13)16(20)21)11-3-1-4-12(9-11)18-7-2-8-25(18,22)23/h1,3-6,9H,2,7-8,10H2,(H,17,19)(H,20,21). The van der Waals surface area contributed by atoms with E-state index in [1.807, 2.05) is 0 Å². The summed E-state index contributed by atoms with van der Waals surface area (Å²) in [7, 11) is -3.30. The lowest BCUT2D eigenvalue weighted by molar-refractivity contribution is 0.0702. The number of hydrogen-bond acceptors (Lipinski definition) is 5. The van der Waals surface area contributed by atoms with Crippen LogP contribution in [0.1, 0.15) is 31.3 Å². The molecule has 1 aliphatic heterocycles. The van der Waals surface area contributed by atoms with Crippen molar-refractivity contribution in [1.29, 1.82) is 0 Å². The van der Waals surface area contributed by atoms with E-state index in [9.17, 15) is 18.0 Å². The number of hydrogen-bond donors (Lipinski definition) is 2. The third-order valence-corrected chi connectivity index (χ3v) is 6.73. The first-order valence-corrected chi connectivity index (χ1v) is 10.00. The predicted molar refractivity (Wildman–Crippen MR) is 94.6 cm³/mol. The van der Waals surface area contributed by atoms with Crippen molar-refractivity contribution in [2.24, 2.45) is 0 Å². The van der Waals surface area contributed by atoms with Crippen molar-refractivity contribution in [3.05, 3.63) is 51.7 Å². The molecule has 1 aromatic heterocycles. The smallest absolute Gasteiger partial charge is 0.345 e. The van der Waals surface area contributed by atoms with E-state index in [4.69, 9.17) is 5.11 Å². The molecule has 0 atom stereocenters. The molecule has 0 bridgehead atoms. The Morgan fingerprint density at radius 3 is 2.68 bits per heavy atom. The summed E-state index contributed by atoms with van der Waals surface area (Å²) in [6.45, 7) is 0.629. The monoisotopic (exact) mass is 380 g/mol. The van der Waals surface area contributed by atoms with Gasteiger partial charge in [-0.1, -0.05) is 6.07 Å². The number of anilines is 1. The molecule has 1 aromatic carbocycles. The van der Waals surface area contributed by atoms with Crippen molar-refractivity contribution < 1.29 is 23.1 Å². The van der Waals surface area contributed by atoms with Gasteiger partial charge in [0.15, 0.2) is 0 Å². The number of carboxylic acid groups (broad SMARTS) is 1. The highest BCUT2D eigenvalue weighted by Crippen LogP contribution is 2.25. The van der Waals surface area contributed by atoms with E-state index >= 15 is 0 Å². The van der Waals surface area contributed by atoms with Crippen LogP contribution in [0.3, 0.4) is 0 Å². The first-order valence-electron chi connectivity index (χ1n) is 7.57. The summed E-state index contributed by atoms with van der Waals surface area (Å²) in [5.74, 6) is -1.22. The van der Waals surface area contributed by atoms with Gasteiger partial charge in [0, 0.05) is 17.0 Å². The number of carbonyl (C=O) groups excluding carboxylic acids is 1. The molecule has 3 rings (SSSR count). The van der Waals surface area contributed by atoms with Crippen molar-refractivity contribution in [1.82, 2.24) is 5.32 Å². The number of aromatic carboxylic acids is 1. The molecule has 0 unspecified atom stereocenters. The molecule has 0 saturated carbocycles. The number of nitrogens with zero attached hydrogens (tertiary/aromatic N) is 1. The van der Waals surface area contributed by atoms with E-state index < -0.39 is 16.0 Å². The van der Waals surface area contributed by atoms with Crippen LogP contribution in [-0.2, 0) is 16.6 Å².